The van der Waals surface area contributed by atoms with Gasteiger partial charge in [-0.2, -0.15) is 0 Å². The maximum absolute atomic E-state index is 12.5. The van der Waals surface area contributed by atoms with Crippen molar-refractivity contribution in [3.8, 4) is 5.75 Å². The van der Waals surface area contributed by atoms with E-state index >= 15 is 0 Å². The number of ketones is 1. The predicted molar refractivity (Wildman–Crippen MR) is 107 cm³/mol. The fraction of sp³-hybridized carbons (Fsp3) is 0.524. The first kappa shape index (κ1) is 23.3. The molecular formula is C21H26O10. The Bertz CT molecular complexity index is 996. The Morgan fingerprint density at radius 3 is 2.52 bits per heavy atom. The van der Waals surface area contributed by atoms with Crippen LogP contribution in [0, 0.1) is 6.92 Å². The van der Waals surface area contributed by atoms with Crippen LogP contribution in [0.25, 0.3) is 11.0 Å². The van der Waals surface area contributed by atoms with Crippen LogP contribution in [-0.4, -0.2) is 74.7 Å². The fourth-order valence-electron chi connectivity index (χ4n) is 3.59. The molecule has 1 aromatic carbocycles. The van der Waals surface area contributed by atoms with Crippen LogP contribution in [0.3, 0.4) is 0 Å². The number of aliphatic hydroxyl groups is 5. The Kier molecular flexibility index (Phi) is 7.10. The zero-order valence-corrected chi connectivity index (χ0v) is 17.1. The third-order valence-electron chi connectivity index (χ3n) is 5.02. The van der Waals surface area contributed by atoms with Gasteiger partial charge in [-0.1, -0.05) is 0 Å². The van der Waals surface area contributed by atoms with Crippen LogP contribution in [-0.2, 0) is 16.0 Å². The number of hydrogen-bond acceptors (Lipinski definition) is 10. The molecule has 0 amide bonds. The SMILES string of the molecule is Cc1cc(=O)c2c(CC(=O)CC(C)O)cc(OC3OC(CO)C(O)C(O)C3O)cc2o1. The number of carbonyl (C=O) groups excluding carboxylic acids is 1. The standard InChI is InChI=1S/C21H26O10/c1-9(23)3-12(24)5-11-6-13(7-15-17(11)14(25)4-10(2)29-15)30-21-20(28)19(27)18(26)16(8-22)31-21/h4,6-7,9,16,18-23,26-28H,3,5,8H2,1-2H3. The van der Waals surface area contributed by atoms with Crippen LogP contribution in [0.4, 0.5) is 0 Å². The number of carbonyl (C=O) groups is 1. The number of Topliss-reactive ketones (excluding diaryl/α,β-unsaturated/α-hetero) is 1. The van der Waals surface area contributed by atoms with Gasteiger partial charge in [0.1, 0.15) is 47.3 Å². The van der Waals surface area contributed by atoms with E-state index in [1.807, 2.05) is 0 Å². The largest absolute Gasteiger partial charge is 0.462 e. The van der Waals surface area contributed by atoms with Crippen molar-refractivity contribution in [3.05, 3.63) is 39.7 Å². The van der Waals surface area contributed by atoms with E-state index in [1.165, 1.54) is 25.1 Å². The van der Waals surface area contributed by atoms with Crippen LogP contribution in [0.15, 0.2) is 27.4 Å². The van der Waals surface area contributed by atoms with Crippen molar-refractivity contribution in [3.63, 3.8) is 0 Å². The van der Waals surface area contributed by atoms with Crippen molar-refractivity contribution < 1.29 is 44.2 Å². The summed E-state index contributed by atoms with van der Waals surface area (Å²) in [6, 6.07) is 4.09. The summed E-state index contributed by atoms with van der Waals surface area (Å²) >= 11 is 0. The zero-order valence-electron chi connectivity index (χ0n) is 17.1. The van der Waals surface area contributed by atoms with Crippen molar-refractivity contribution in [1.29, 1.82) is 0 Å². The molecule has 0 bridgehead atoms. The number of aryl methyl sites for hydroxylation is 1. The number of aliphatic hydroxyl groups excluding tert-OH is 5. The van der Waals surface area contributed by atoms with Gasteiger partial charge in [0.15, 0.2) is 5.43 Å². The van der Waals surface area contributed by atoms with Crippen LogP contribution in [0.5, 0.6) is 5.75 Å². The topological polar surface area (TPSA) is 167 Å². The van der Waals surface area contributed by atoms with Gasteiger partial charge < -0.3 is 39.4 Å². The zero-order chi connectivity index (χ0) is 22.9. The van der Waals surface area contributed by atoms with E-state index in [2.05, 4.69) is 0 Å². The smallest absolute Gasteiger partial charge is 0.229 e. The summed E-state index contributed by atoms with van der Waals surface area (Å²) < 4.78 is 16.6. The van der Waals surface area contributed by atoms with Crippen molar-refractivity contribution in [2.24, 2.45) is 0 Å². The molecule has 2 heterocycles. The number of rotatable bonds is 7. The van der Waals surface area contributed by atoms with E-state index in [0.29, 0.717) is 11.3 Å². The maximum atomic E-state index is 12.5. The summed E-state index contributed by atoms with van der Waals surface area (Å²) in [5.41, 5.74) is 0.0985. The highest BCUT2D eigenvalue weighted by Crippen LogP contribution is 2.29. The molecule has 170 valence electrons. The summed E-state index contributed by atoms with van der Waals surface area (Å²) in [5, 5.41) is 49.0. The first-order valence-corrected chi connectivity index (χ1v) is 9.85. The molecule has 10 nitrogen and oxygen atoms in total. The third kappa shape index (κ3) is 5.12. The van der Waals surface area contributed by atoms with E-state index in [-0.39, 0.29) is 40.8 Å². The highest BCUT2D eigenvalue weighted by Gasteiger charge is 2.44. The first-order chi connectivity index (χ1) is 14.6. The highest BCUT2D eigenvalue weighted by molar-refractivity contribution is 5.89. The van der Waals surface area contributed by atoms with Gasteiger partial charge in [0.05, 0.1) is 18.1 Å². The molecule has 3 rings (SSSR count). The predicted octanol–water partition coefficient (Wildman–Crippen LogP) is -0.837. The molecule has 5 N–H and O–H groups in total. The minimum Gasteiger partial charge on any atom is -0.462 e. The van der Waals surface area contributed by atoms with E-state index in [4.69, 9.17) is 13.9 Å². The number of fused-ring (bicyclic) bond motifs is 1. The van der Waals surface area contributed by atoms with Gasteiger partial charge in [-0.15, -0.1) is 0 Å². The molecule has 0 spiro atoms. The minimum atomic E-state index is -1.63. The minimum absolute atomic E-state index is 0.0745. The molecular weight excluding hydrogens is 412 g/mol. The Morgan fingerprint density at radius 1 is 1.16 bits per heavy atom. The van der Waals surface area contributed by atoms with E-state index in [9.17, 15) is 35.1 Å². The lowest BCUT2D eigenvalue weighted by Crippen LogP contribution is -2.60. The van der Waals surface area contributed by atoms with Gasteiger partial charge in [0.2, 0.25) is 6.29 Å². The molecule has 1 aliphatic rings. The van der Waals surface area contributed by atoms with Crippen molar-refractivity contribution >= 4 is 16.8 Å². The lowest BCUT2D eigenvalue weighted by molar-refractivity contribution is -0.277. The Balaban J connectivity index is 1.99. The highest BCUT2D eigenvalue weighted by atomic mass is 16.7. The van der Waals surface area contributed by atoms with Crippen molar-refractivity contribution in [1.82, 2.24) is 0 Å². The van der Waals surface area contributed by atoms with Crippen molar-refractivity contribution in [2.45, 2.75) is 63.5 Å². The summed E-state index contributed by atoms with van der Waals surface area (Å²) in [6.45, 7) is 2.45. The molecule has 0 radical (unpaired) electrons. The van der Waals surface area contributed by atoms with Gasteiger partial charge in [0.25, 0.3) is 0 Å². The van der Waals surface area contributed by atoms with Crippen LogP contribution < -0.4 is 10.2 Å². The lowest BCUT2D eigenvalue weighted by atomic mass is 9.99. The second-order valence-electron chi connectivity index (χ2n) is 7.76. The first-order valence-electron chi connectivity index (χ1n) is 9.85. The molecule has 0 saturated carbocycles. The summed E-state index contributed by atoms with van der Waals surface area (Å²) in [6.07, 6.45) is -8.49. The second-order valence-corrected chi connectivity index (χ2v) is 7.76. The molecule has 1 fully saturated rings. The average molecular weight is 438 g/mol. The Labute approximate surface area is 177 Å². The van der Waals surface area contributed by atoms with E-state index in [1.54, 1.807) is 6.92 Å². The van der Waals surface area contributed by atoms with Crippen LogP contribution in [0.1, 0.15) is 24.7 Å². The number of benzene rings is 1. The van der Waals surface area contributed by atoms with Gasteiger partial charge >= 0.3 is 0 Å². The molecule has 2 aromatic rings. The van der Waals surface area contributed by atoms with Gasteiger partial charge in [-0.05, 0) is 25.5 Å². The molecule has 1 aromatic heterocycles. The quantitative estimate of drug-likeness (QED) is 0.368. The molecule has 31 heavy (non-hydrogen) atoms. The summed E-state index contributed by atoms with van der Waals surface area (Å²) in [4.78, 5) is 24.8. The lowest BCUT2D eigenvalue weighted by Gasteiger charge is -2.39. The molecule has 1 aliphatic heterocycles. The van der Waals surface area contributed by atoms with E-state index in [0.717, 1.165) is 0 Å². The number of ether oxygens (including phenoxy) is 2. The van der Waals surface area contributed by atoms with E-state index < -0.39 is 43.4 Å². The van der Waals surface area contributed by atoms with Crippen LogP contribution >= 0.6 is 0 Å². The van der Waals surface area contributed by atoms with Crippen LogP contribution in [0.2, 0.25) is 0 Å². The monoisotopic (exact) mass is 438 g/mol. The maximum Gasteiger partial charge on any atom is 0.229 e. The molecule has 6 atom stereocenters. The van der Waals surface area contributed by atoms with Gasteiger partial charge in [-0.3, -0.25) is 9.59 Å². The van der Waals surface area contributed by atoms with Gasteiger partial charge in [-0.25, -0.2) is 0 Å². The molecule has 1 saturated heterocycles. The summed E-state index contributed by atoms with van der Waals surface area (Å²) in [7, 11) is 0. The molecule has 10 heteroatoms. The Hall–Kier alpha value is -2.34. The number of hydrogen-bond donors (Lipinski definition) is 5. The normalized spacial score (nSPS) is 27.3. The third-order valence-corrected chi connectivity index (χ3v) is 5.02. The molecule has 6 unspecified atom stereocenters. The summed E-state index contributed by atoms with van der Waals surface area (Å²) in [5.74, 6) is 0.107. The van der Waals surface area contributed by atoms with Gasteiger partial charge in [0, 0.05) is 25.0 Å². The molecule has 0 aliphatic carbocycles. The fourth-order valence-corrected chi connectivity index (χ4v) is 3.59. The average Bonchev–Trinajstić information content (AvgIpc) is 2.67. The second kappa shape index (κ2) is 9.43. The van der Waals surface area contributed by atoms with Crippen molar-refractivity contribution in [2.75, 3.05) is 6.61 Å². The Morgan fingerprint density at radius 2 is 1.87 bits per heavy atom.